The molecule has 4 rings (SSSR count). The number of pyridine rings is 1. The largest absolute Gasteiger partial charge is 0.488 e. The van der Waals surface area contributed by atoms with Gasteiger partial charge in [0.2, 0.25) is 0 Å². The van der Waals surface area contributed by atoms with E-state index >= 15 is 0 Å². The number of aromatic nitrogens is 1. The van der Waals surface area contributed by atoms with Crippen LogP contribution in [0, 0.1) is 0 Å². The Labute approximate surface area is 196 Å². The van der Waals surface area contributed by atoms with Gasteiger partial charge in [0.25, 0.3) is 5.56 Å². The highest BCUT2D eigenvalue weighted by Gasteiger charge is 2.30. The van der Waals surface area contributed by atoms with E-state index in [1.54, 1.807) is 41.1 Å². The van der Waals surface area contributed by atoms with Crippen LogP contribution in [-0.4, -0.2) is 28.1 Å². The van der Waals surface area contributed by atoms with E-state index in [1.807, 2.05) is 30.5 Å². The van der Waals surface area contributed by atoms with E-state index < -0.39 is 0 Å². The van der Waals surface area contributed by atoms with Gasteiger partial charge in [0, 0.05) is 30.0 Å². The summed E-state index contributed by atoms with van der Waals surface area (Å²) >= 11 is 12.0. The van der Waals surface area contributed by atoms with Crippen LogP contribution in [-0.2, 0) is 13.1 Å². The van der Waals surface area contributed by atoms with Gasteiger partial charge in [-0.25, -0.2) is 0 Å². The lowest BCUT2D eigenvalue weighted by atomic mass is 10.1. The molecule has 1 unspecified atom stereocenters. The highest BCUT2D eigenvalue weighted by Crippen LogP contribution is 2.27. The van der Waals surface area contributed by atoms with Crippen LogP contribution in [0.5, 0.6) is 5.75 Å². The molecule has 164 valence electrons. The van der Waals surface area contributed by atoms with Crippen LogP contribution in [0.4, 0.5) is 0 Å². The Morgan fingerprint density at radius 1 is 1.00 bits per heavy atom. The van der Waals surface area contributed by atoms with Crippen LogP contribution >= 0.6 is 23.2 Å². The van der Waals surface area contributed by atoms with E-state index in [1.165, 1.54) is 0 Å². The van der Waals surface area contributed by atoms with E-state index in [2.05, 4.69) is 17.2 Å². The van der Waals surface area contributed by atoms with Gasteiger partial charge in [-0.05, 0) is 23.8 Å². The number of nitrogens with zero attached hydrogens (tertiary/aromatic N) is 3. The van der Waals surface area contributed by atoms with Crippen molar-refractivity contribution in [2.75, 3.05) is 13.2 Å². The molecule has 1 aliphatic heterocycles. The average molecular weight is 470 g/mol. The Morgan fingerprint density at radius 2 is 1.78 bits per heavy atom. The van der Waals surface area contributed by atoms with Gasteiger partial charge in [-0.2, -0.15) is 4.59 Å². The van der Waals surface area contributed by atoms with E-state index in [0.29, 0.717) is 52.5 Å². The van der Waals surface area contributed by atoms with Crippen molar-refractivity contribution < 1.29 is 9.33 Å². The highest BCUT2D eigenvalue weighted by molar-refractivity contribution is 6.42. The van der Waals surface area contributed by atoms with Gasteiger partial charge < -0.3 is 15.0 Å². The Hall–Kier alpha value is -3.06. The second-order valence-electron chi connectivity index (χ2n) is 7.62. The third-order valence-corrected chi connectivity index (χ3v) is 5.95. The second kappa shape index (κ2) is 9.61. The molecule has 1 atom stereocenters. The number of quaternary nitrogens is 1. The molecule has 8 heteroatoms. The van der Waals surface area contributed by atoms with Crippen molar-refractivity contribution >= 4 is 29.0 Å². The molecule has 0 saturated heterocycles. The standard InChI is InChI=1S/C24H23Cl2N4O2/c25-21-9-8-20(15-22(21)26)32-14-13-30(12-10-23(27)28-30)17-19-6-4-18(5-7-19)16-29-11-2-1-3-24(29)31/h1-12,15H,13-14,16-17H2,(H2,27,28)/q+1. The topological polar surface area (TPSA) is 69.6 Å². The first kappa shape index (κ1) is 22.1. The van der Waals surface area contributed by atoms with Crippen molar-refractivity contribution in [3.8, 4) is 5.75 Å². The number of ether oxygens (including phenoxy) is 1. The lowest BCUT2D eigenvalue weighted by molar-refractivity contribution is -0.897. The summed E-state index contributed by atoms with van der Waals surface area (Å²) in [6.07, 6.45) is 5.58. The smallest absolute Gasteiger partial charge is 0.250 e. The number of hydrogen-bond donors (Lipinski definition) is 1. The monoisotopic (exact) mass is 469 g/mol. The fourth-order valence-corrected chi connectivity index (χ4v) is 3.83. The van der Waals surface area contributed by atoms with Crippen LogP contribution in [0.2, 0.25) is 10.0 Å². The minimum absolute atomic E-state index is 0.0184. The summed E-state index contributed by atoms with van der Waals surface area (Å²) < 4.78 is 7.85. The summed E-state index contributed by atoms with van der Waals surface area (Å²) in [7, 11) is 0. The molecule has 0 bridgehead atoms. The quantitative estimate of drug-likeness (QED) is 0.497. The van der Waals surface area contributed by atoms with Gasteiger partial charge >= 0.3 is 0 Å². The first-order chi connectivity index (χ1) is 15.4. The molecule has 2 heterocycles. The van der Waals surface area contributed by atoms with Gasteiger partial charge in [-0.1, -0.05) is 58.6 Å². The van der Waals surface area contributed by atoms with Crippen LogP contribution in [0.25, 0.3) is 0 Å². The first-order valence-electron chi connectivity index (χ1n) is 10.2. The lowest BCUT2D eigenvalue weighted by Gasteiger charge is -2.26. The summed E-state index contributed by atoms with van der Waals surface area (Å²) in [6, 6.07) is 18.5. The molecular formula is C24H23Cl2N4O2+. The molecule has 2 aromatic carbocycles. The molecule has 0 spiro atoms. The average Bonchev–Trinajstić information content (AvgIpc) is 3.14. The molecule has 0 radical (unpaired) electrons. The third kappa shape index (κ3) is 5.40. The molecule has 32 heavy (non-hydrogen) atoms. The first-order valence-corrected chi connectivity index (χ1v) is 10.9. The van der Waals surface area contributed by atoms with Gasteiger partial charge in [0.05, 0.1) is 16.6 Å². The number of benzene rings is 2. The Bertz CT molecular complexity index is 1220. The van der Waals surface area contributed by atoms with E-state index in [-0.39, 0.29) is 5.56 Å². The highest BCUT2D eigenvalue weighted by atomic mass is 35.5. The molecule has 0 fully saturated rings. The van der Waals surface area contributed by atoms with Crippen molar-refractivity contribution in [1.29, 1.82) is 0 Å². The maximum absolute atomic E-state index is 11.9. The normalized spacial score (nSPS) is 17.4. The van der Waals surface area contributed by atoms with Gasteiger partial charge in [0.15, 0.2) is 5.84 Å². The molecule has 2 N–H and O–H groups in total. The van der Waals surface area contributed by atoms with Gasteiger partial charge in [-0.3, -0.25) is 4.79 Å². The van der Waals surface area contributed by atoms with E-state index in [0.717, 1.165) is 11.1 Å². The van der Waals surface area contributed by atoms with Gasteiger partial charge in [0.1, 0.15) is 31.6 Å². The van der Waals surface area contributed by atoms with Gasteiger partial charge in [-0.15, -0.1) is 0 Å². The van der Waals surface area contributed by atoms with Crippen LogP contribution < -0.4 is 16.0 Å². The maximum Gasteiger partial charge on any atom is 0.250 e. The zero-order valence-corrected chi connectivity index (χ0v) is 18.8. The molecular weight excluding hydrogens is 447 g/mol. The summed E-state index contributed by atoms with van der Waals surface area (Å²) in [5.41, 5.74) is 8.09. The Kier molecular flexibility index (Phi) is 6.65. The van der Waals surface area contributed by atoms with Crippen molar-refractivity contribution in [3.63, 3.8) is 0 Å². The molecule has 1 aromatic heterocycles. The molecule has 0 amide bonds. The van der Waals surface area contributed by atoms with E-state index in [9.17, 15) is 4.79 Å². The van der Waals surface area contributed by atoms with Crippen molar-refractivity contribution in [1.82, 2.24) is 4.57 Å². The zero-order valence-electron chi connectivity index (χ0n) is 17.3. The number of rotatable bonds is 8. The minimum atomic E-state index is -0.0184. The number of amidine groups is 1. The molecule has 3 aromatic rings. The predicted molar refractivity (Wildman–Crippen MR) is 128 cm³/mol. The number of hydrogen-bond acceptors (Lipinski definition) is 4. The van der Waals surface area contributed by atoms with Crippen molar-refractivity contribution in [3.05, 3.63) is 111 Å². The zero-order chi connectivity index (χ0) is 22.6. The summed E-state index contributed by atoms with van der Waals surface area (Å²) in [5, 5.41) is 5.57. The fourth-order valence-electron chi connectivity index (χ4n) is 3.55. The predicted octanol–water partition coefficient (Wildman–Crippen LogP) is 4.40. The van der Waals surface area contributed by atoms with E-state index in [4.69, 9.17) is 33.7 Å². The second-order valence-corrected chi connectivity index (χ2v) is 8.43. The lowest BCUT2D eigenvalue weighted by Crippen LogP contribution is -2.39. The SMILES string of the molecule is NC1=N[N+](CCOc2ccc(Cl)c(Cl)c2)(Cc2ccc(Cn3ccccc3=O)cc2)C=C1. The Morgan fingerprint density at radius 3 is 2.47 bits per heavy atom. The molecule has 6 nitrogen and oxygen atoms in total. The summed E-state index contributed by atoms with van der Waals surface area (Å²) in [6.45, 7) is 2.18. The maximum atomic E-state index is 11.9. The van der Waals surface area contributed by atoms with Crippen LogP contribution in [0.15, 0.2) is 89.0 Å². The summed E-state index contributed by atoms with van der Waals surface area (Å²) in [5.74, 6) is 1.14. The van der Waals surface area contributed by atoms with Crippen LogP contribution in [0.3, 0.4) is 0 Å². The third-order valence-electron chi connectivity index (χ3n) is 5.21. The molecule has 0 saturated carbocycles. The Balaban J connectivity index is 1.42. The summed E-state index contributed by atoms with van der Waals surface area (Å²) in [4.78, 5) is 11.9. The van der Waals surface area contributed by atoms with Crippen molar-refractivity contribution in [2.24, 2.45) is 10.8 Å². The van der Waals surface area contributed by atoms with Crippen LogP contribution in [0.1, 0.15) is 11.1 Å². The number of halogens is 2. The minimum Gasteiger partial charge on any atom is -0.488 e. The fraction of sp³-hybridized carbons (Fsp3) is 0.167. The van der Waals surface area contributed by atoms with Crippen molar-refractivity contribution in [2.45, 2.75) is 13.1 Å². The molecule has 1 aliphatic rings. The number of nitrogens with two attached hydrogens (primary N) is 1. The molecule has 0 aliphatic carbocycles.